The summed E-state index contributed by atoms with van der Waals surface area (Å²) in [6, 6.07) is 12.2. The number of ether oxygens (including phenoxy) is 1. The molecule has 7 heteroatoms. The van der Waals surface area contributed by atoms with E-state index in [0.29, 0.717) is 29.2 Å². The van der Waals surface area contributed by atoms with Crippen molar-refractivity contribution in [2.45, 2.75) is 25.9 Å². The van der Waals surface area contributed by atoms with Crippen LogP contribution >= 0.6 is 0 Å². The highest BCUT2D eigenvalue weighted by atomic mass is 19.1. The summed E-state index contributed by atoms with van der Waals surface area (Å²) in [6.07, 6.45) is 7.27. The quantitative estimate of drug-likeness (QED) is 0.508. The fourth-order valence-corrected chi connectivity index (χ4v) is 4.10. The third-order valence-electron chi connectivity index (χ3n) is 5.82. The minimum atomic E-state index is -0.315. The van der Waals surface area contributed by atoms with Gasteiger partial charge < -0.3 is 10.1 Å². The van der Waals surface area contributed by atoms with Crippen LogP contribution in [0.4, 0.5) is 4.39 Å². The lowest BCUT2D eigenvalue weighted by atomic mass is 10.1. The second kappa shape index (κ2) is 8.51. The second-order valence-corrected chi connectivity index (χ2v) is 8.01. The number of carbonyl (C=O) groups excluding carboxylic acids is 1. The molecule has 2 aromatic heterocycles. The summed E-state index contributed by atoms with van der Waals surface area (Å²) < 4.78 is 21.5. The van der Waals surface area contributed by atoms with Crippen molar-refractivity contribution in [3.05, 3.63) is 78.0 Å². The first-order valence-corrected chi connectivity index (χ1v) is 10.7. The van der Waals surface area contributed by atoms with E-state index < -0.39 is 0 Å². The Morgan fingerprint density at radius 1 is 1.22 bits per heavy atom. The molecule has 4 aromatic rings. The van der Waals surface area contributed by atoms with Gasteiger partial charge in [0.2, 0.25) is 5.95 Å². The normalized spacial score (nSPS) is 15.9. The molecule has 6 nitrogen and oxygen atoms in total. The second-order valence-electron chi connectivity index (χ2n) is 8.01. The number of nitrogens with one attached hydrogen (secondary N) is 1. The van der Waals surface area contributed by atoms with Gasteiger partial charge in [-0.1, -0.05) is 24.3 Å². The minimum Gasteiger partial charge on any atom is -0.376 e. The van der Waals surface area contributed by atoms with Crippen molar-refractivity contribution in [1.82, 2.24) is 19.9 Å². The van der Waals surface area contributed by atoms with Crippen LogP contribution < -0.4 is 5.32 Å². The van der Waals surface area contributed by atoms with E-state index in [9.17, 15) is 9.18 Å². The Kier molecular flexibility index (Phi) is 5.41. The lowest BCUT2D eigenvalue weighted by Gasteiger charge is -2.11. The zero-order valence-electron chi connectivity index (χ0n) is 17.7. The van der Waals surface area contributed by atoms with Gasteiger partial charge in [0.25, 0.3) is 5.91 Å². The van der Waals surface area contributed by atoms with Crippen LogP contribution in [0.1, 0.15) is 28.8 Å². The van der Waals surface area contributed by atoms with Crippen LogP contribution in [0.3, 0.4) is 0 Å². The maximum absolute atomic E-state index is 14.1. The molecule has 1 unspecified atom stereocenters. The highest BCUT2D eigenvalue weighted by molar-refractivity contribution is 5.99. The van der Waals surface area contributed by atoms with Crippen molar-refractivity contribution >= 4 is 16.8 Å². The summed E-state index contributed by atoms with van der Waals surface area (Å²) in [5.41, 5.74) is 3.52. The van der Waals surface area contributed by atoms with Crippen LogP contribution in [0.5, 0.6) is 0 Å². The summed E-state index contributed by atoms with van der Waals surface area (Å²) in [5, 5.41) is 3.98. The van der Waals surface area contributed by atoms with Crippen LogP contribution in [0.15, 0.2) is 61.1 Å². The Hall–Kier alpha value is -3.58. The highest BCUT2D eigenvalue weighted by Gasteiger charge is 2.18. The number of aryl methyl sites for hydroxylation is 1. The number of benzene rings is 2. The lowest BCUT2D eigenvalue weighted by molar-refractivity contribution is 0.0858. The molecule has 3 heterocycles. The van der Waals surface area contributed by atoms with Gasteiger partial charge in [0, 0.05) is 53.8 Å². The number of carbonyl (C=O) groups is 1. The monoisotopic (exact) mass is 430 g/mol. The van der Waals surface area contributed by atoms with Gasteiger partial charge in [-0.2, -0.15) is 0 Å². The first-order chi connectivity index (χ1) is 15.6. The van der Waals surface area contributed by atoms with Crippen molar-refractivity contribution in [3.63, 3.8) is 0 Å². The summed E-state index contributed by atoms with van der Waals surface area (Å²) in [6.45, 7) is 3.27. The van der Waals surface area contributed by atoms with Gasteiger partial charge in [-0.15, -0.1) is 0 Å². The molecule has 1 atom stereocenters. The molecule has 1 aliphatic heterocycles. The Balaban J connectivity index is 1.44. The predicted molar refractivity (Wildman–Crippen MR) is 120 cm³/mol. The van der Waals surface area contributed by atoms with E-state index in [1.165, 1.54) is 6.07 Å². The average Bonchev–Trinajstić information content (AvgIpc) is 3.46. The third-order valence-corrected chi connectivity index (χ3v) is 5.82. The number of rotatable bonds is 5. The number of halogens is 1. The molecule has 1 fully saturated rings. The molecule has 1 N–H and O–H groups in total. The average molecular weight is 430 g/mol. The van der Waals surface area contributed by atoms with Crippen LogP contribution in [0.25, 0.3) is 28.0 Å². The molecule has 0 aliphatic carbocycles. The molecule has 32 heavy (non-hydrogen) atoms. The van der Waals surface area contributed by atoms with E-state index in [1.807, 2.05) is 35.9 Å². The molecule has 162 valence electrons. The number of hydrogen-bond donors (Lipinski definition) is 1. The number of amides is 1. The maximum Gasteiger partial charge on any atom is 0.251 e. The summed E-state index contributed by atoms with van der Waals surface area (Å²) in [4.78, 5) is 21.6. The van der Waals surface area contributed by atoms with Gasteiger partial charge in [0.1, 0.15) is 5.82 Å². The first-order valence-electron chi connectivity index (χ1n) is 10.7. The zero-order chi connectivity index (χ0) is 22.1. The SMILES string of the molecule is Cc1cn(-c2ncc(-c3ccccc3F)cn2)c2cc(C(=O)NCC3CCCO3)ccc12. The smallest absolute Gasteiger partial charge is 0.251 e. The van der Waals surface area contributed by atoms with Gasteiger partial charge in [-0.25, -0.2) is 14.4 Å². The first kappa shape index (κ1) is 20.3. The predicted octanol–water partition coefficient (Wildman–Crippen LogP) is 4.44. The molecule has 1 amide bonds. The number of hydrogen-bond acceptors (Lipinski definition) is 4. The zero-order valence-corrected chi connectivity index (χ0v) is 17.7. The lowest BCUT2D eigenvalue weighted by Crippen LogP contribution is -2.31. The molecule has 0 spiro atoms. The Morgan fingerprint density at radius 3 is 2.78 bits per heavy atom. The summed E-state index contributed by atoms with van der Waals surface area (Å²) >= 11 is 0. The topological polar surface area (TPSA) is 69.0 Å². The Labute approximate surface area is 185 Å². The minimum absolute atomic E-state index is 0.0927. The fourth-order valence-electron chi connectivity index (χ4n) is 4.10. The number of aromatic nitrogens is 3. The van der Waals surface area contributed by atoms with Crippen molar-refractivity contribution in [3.8, 4) is 17.1 Å². The Morgan fingerprint density at radius 2 is 2.03 bits per heavy atom. The van der Waals surface area contributed by atoms with E-state index in [-0.39, 0.29) is 17.8 Å². The van der Waals surface area contributed by atoms with Crippen molar-refractivity contribution in [1.29, 1.82) is 0 Å². The standard InChI is InChI=1S/C25H23FN4O2/c1-16-15-30(25-28-12-18(13-29-25)21-6-2-3-7-22(21)26)23-11-17(8-9-20(16)23)24(31)27-14-19-5-4-10-32-19/h2-3,6-9,11-13,15,19H,4-5,10,14H2,1H3,(H,27,31). The van der Waals surface area contributed by atoms with Crippen molar-refractivity contribution < 1.29 is 13.9 Å². The van der Waals surface area contributed by atoms with Gasteiger partial charge in [-0.05, 0) is 43.5 Å². The Bertz CT molecular complexity index is 1280. The largest absolute Gasteiger partial charge is 0.376 e. The molecule has 1 saturated heterocycles. The summed E-state index contributed by atoms with van der Waals surface area (Å²) in [5.74, 6) is 0.00786. The molecule has 2 aromatic carbocycles. The third kappa shape index (κ3) is 3.87. The van der Waals surface area contributed by atoms with Crippen LogP contribution in [0, 0.1) is 12.7 Å². The molecule has 0 bridgehead atoms. The molecule has 1 aliphatic rings. The van der Waals surface area contributed by atoms with Crippen LogP contribution in [0.2, 0.25) is 0 Å². The van der Waals surface area contributed by atoms with Crippen molar-refractivity contribution in [2.75, 3.05) is 13.2 Å². The van der Waals surface area contributed by atoms with Gasteiger partial charge in [0.05, 0.1) is 11.6 Å². The summed E-state index contributed by atoms with van der Waals surface area (Å²) in [7, 11) is 0. The van der Waals surface area contributed by atoms with E-state index in [2.05, 4.69) is 15.3 Å². The molecule has 0 radical (unpaired) electrons. The van der Waals surface area contributed by atoms with Crippen LogP contribution in [-0.4, -0.2) is 39.7 Å². The maximum atomic E-state index is 14.1. The molecule has 5 rings (SSSR count). The van der Waals surface area contributed by atoms with E-state index in [1.54, 1.807) is 30.6 Å². The van der Waals surface area contributed by atoms with Crippen molar-refractivity contribution in [2.24, 2.45) is 0 Å². The van der Waals surface area contributed by atoms with E-state index in [0.717, 1.165) is 35.9 Å². The van der Waals surface area contributed by atoms with Gasteiger partial charge >= 0.3 is 0 Å². The molecule has 0 saturated carbocycles. The van der Waals surface area contributed by atoms with Gasteiger partial charge in [0.15, 0.2) is 0 Å². The van der Waals surface area contributed by atoms with Crippen LogP contribution in [-0.2, 0) is 4.74 Å². The molecular weight excluding hydrogens is 407 g/mol. The fraction of sp³-hybridized carbons (Fsp3) is 0.240. The van der Waals surface area contributed by atoms with E-state index >= 15 is 0 Å². The van der Waals surface area contributed by atoms with Gasteiger partial charge in [-0.3, -0.25) is 9.36 Å². The van der Waals surface area contributed by atoms with E-state index in [4.69, 9.17) is 4.74 Å². The number of fused-ring (bicyclic) bond motifs is 1. The number of nitrogens with zero attached hydrogens (tertiary/aromatic N) is 3. The highest BCUT2D eigenvalue weighted by Crippen LogP contribution is 2.26. The molecular formula is C25H23FN4O2.